The summed E-state index contributed by atoms with van der Waals surface area (Å²) < 4.78 is 17.0. The van der Waals surface area contributed by atoms with Crippen molar-refractivity contribution in [1.82, 2.24) is 9.47 Å². The highest BCUT2D eigenvalue weighted by molar-refractivity contribution is 5.94. The third kappa shape index (κ3) is 2.55. The smallest absolute Gasteiger partial charge is 0.341 e. The van der Waals surface area contributed by atoms with Crippen molar-refractivity contribution in [2.45, 2.75) is 44.1 Å². The fourth-order valence-corrected chi connectivity index (χ4v) is 4.37. The second kappa shape index (κ2) is 5.64. The Hall–Kier alpha value is -2.21. The van der Waals surface area contributed by atoms with E-state index in [9.17, 15) is 14.7 Å². The molecule has 4 rings (SSSR count). The molecule has 6 heteroatoms. The van der Waals surface area contributed by atoms with Crippen LogP contribution in [0.3, 0.4) is 0 Å². The van der Waals surface area contributed by atoms with Gasteiger partial charge in [0.2, 0.25) is 5.43 Å². The molecule has 2 fully saturated rings. The molecular weight excluding hydrogens is 335 g/mol. The summed E-state index contributed by atoms with van der Waals surface area (Å²) >= 11 is 0. The summed E-state index contributed by atoms with van der Waals surface area (Å²) in [6.45, 7) is 2.63. The number of halogens is 1. The number of aromatic nitrogens is 1. The van der Waals surface area contributed by atoms with Gasteiger partial charge in [0.25, 0.3) is 0 Å². The number of hydrogen-bond donors (Lipinski definition) is 1. The molecule has 26 heavy (non-hydrogen) atoms. The molecule has 2 aliphatic rings. The van der Waals surface area contributed by atoms with Crippen molar-refractivity contribution in [3.05, 3.63) is 45.0 Å². The van der Waals surface area contributed by atoms with Gasteiger partial charge in [0.15, 0.2) is 0 Å². The Labute approximate surface area is 151 Å². The molecule has 1 heterocycles. The number of aryl methyl sites for hydroxylation is 1. The van der Waals surface area contributed by atoms with Crippen LogP contribution in [0.2, 0.25) is 0 Å². The third-order valence-corrected chi connectivity index (χ3v) is 5.68. The summed E-state index contributed by atoms with van der Waals surface area (Å²) in [5.41, 5.74) is 1.07. The van der Waals surface area contributed by atoms with Crippen molar-refractivity contribution in [3.63, 3.8) is 0 Å². The summed E-state index contributed by atoms with van der Waals surface area (Å²) in [4.78, 5) is 26.2. The molecular formula is C20H23FN2O3. The molecule has 1 aromatic carbocycles. The molecule has 0 spiro atoms. The van der Waals surface area contributed by atoms with Gasteiger partial charge in [0, 0.05) is 35.1 Å². The number of fused-ring (bicyclic) bond motifs is 1. The van der Waals surface area contributed by atoms with E-state index in [0.717, 1.165) is 37.8 Å². The lowest BCUT2D eigenvalue weighted by molar-refractivity contribution is 0.0695. The zero-order chi connectivity index (χ0) is 18.8. The fraction of sp³-hybridized carbons (Fsp3) is 0.500. The van der Waals surface area contributed by atoms with Crippen molar-refractivity contribution in [3.8, 4) is 0 Å². The summed E-state index contributed by atoms with van der Waals surface area (Å²) in [7, 11) is 3.96. The van der Waals surface area contributed by atoms with E-state index in [4.69, 9.17) is 0 Å². The molecule has 0 saturated heterocycles. The highest BCUT2D eigenvalue weighted by Gasteiger charge is 2.48. The predicted molar refractivity (Wildman–Crippen MR) is 97.6 cm³/mol. The number of nitrogens with zero attached hydrogens (tertiary/aromatic N) is 2. The molecule has 1 aromatic heterocycles. The van der Waals surface area contributed by atoms with Gasteiger partial charge in [-0.25, -0.2) is 9.18 Å². The van der Waals surface area contributed by atoms with Crippen LogP contribution < -0.4 is 5.43 Å². The minimum absolute atomic E-state index is 0.177. The zero-order valence-electron chi connectivity index (χ0n) is 15.3. The Balaban J connectivity index is 2.04. The normalized spacial score (nSPS) is 18.5. The van der Waals surface area contributed by atoms with Gasteiger partial charge < -0.3 is 14.6 Å². The minimum atomic E-state index is -1.26. The summed E-state index contributed by atoms with van der Waals surface area (Å²) in [5, 5.41) is 9.55. The quantitative estimate of drug-likeness (QED) is 0.892. The third-order valence-electron chi connectivity index (χ3n) is 5.68. The molecule has 0 amide bonds. The molecule has 0 bridgehead atoms. The lowest BCUT2D eigenvalue weighted by atomic mass is 9.88. The van der Waals surface area contributed by atoms with Crippen LogP contribution in [0.5, 0.6) is 0 Å². The predicted octanol–water partition coefficient (Wildman–Crippen LogP) is 3.08. The van der Waals surface area contributed by atoms with Gasteiger partial charge in [-0.3, -0.25) is 4.79 Å². The van der Waals surface area contributed by atoms with E-state index in [1.165, 1.54) is 12.3 Å². The van der Waals surface area contributed by atoms with Gasteiger partial charge >= 0.3 is 5.97 Å². The average Bonchev–Trinajstić information content (AvgIpc) is 3.43. The Bertz CT molecular complexity index is 985. The lowest BCUT2D eigenvalue weighted by Gasteiger charge is -2.25. The molecule has 2 saturated carbocycles. The molecule has 0 unspecified atom stereocenters. The Morgan fingerprint density at radius 2 is 2.04 bits per heavy atom. The first-order chi connectivity index (χ1) is 12.2. The van der Waals surface area contributed by atoms with E-state index in [1.54, 1.807) is 0 Å². The topological polar surface area (TPSA) is 62.5 Å². The van der Waals surface area contributed by atoms with Crippen LogP contribution in [0, 0.1) is 12.7 Å². The van der Waals surface area contributed by atoms with E-state index >= 15 is 4.39 Å². The van der Waals surface area contributed by atoms with Crippen LogP contribution in [0.25, 0.3) is 10.9 Å². The number of carboxylic acid groups (broad SMARTS) is 1. The monoisotopic (exact) mass is 358 g/mol. The van der Waals surface area contributed by atoms with Crippen LogP contribution in [-0.2, 0) is 5.41 Å². The number of pyridine rings is 1. The SMILES string of the molecule is Cc1c(C2(CN(C)C)CC2)c(F)cc2c(=O)c(C(=O)O)cn(C3CC3)c12. The first kappa shape index (κ1) is 17.2. The van der Waals surface area contributed by atoms with Crippen molar-refractivity contribution in [1.29, 1.82) is 0 Å². The Morgan fingerprint density at radius 1 is 1.38 bits per heavy atom. The van der Waals surface area contributed by atoms with Gasteiger partial charge in [0.1, 0.15) is 11.4 Å². The maximum absolute atomic E-state index is 15.1. The molecule has 2 aliphatic carbocycles. The molecule has 138 valence electrons. The number of carboxylic acids is 1. The first-order valence-corrected chi connectivity index (χ1v) is 9.01. The number of carbonyl (C=O) groups is 1. The second-order valence-electron chi connectivity index (χ2n) is 8.09. The Kier molecular flexibility index (Phi) is 3.74. The van der Waals surface area contributed by atoms with Crippen LogP contribution in [0.1, 0.15) is 53.2 Å². The number of aromatic carboxylic acids is 1. The van der Waals surface area contributed by atoms with Crippen molar-refractivity contribution in [2.24, 2.45) is 0 Å². The number of benzene rings is 1. The van der Waals surface area contributed by atoms with Crippen LogP contribution in [-0.4, -0.2) is 41.2 Å². The van der Waals surface area contributed by atoms with Crippen molar-refractivity contribution in [2.75, 3.05) is 20.6 Å². The highest BCUT2D eigenvalue weighted by atomic mass is 19.1. The highest BCUT2D eigenvalue weighted by Crippen LogP contribution is 2.52. The van der Waals surface area contributed by atoms with E-state index in [-0.39, 0.29) is 22.4 Å². The van der Waals surface area contributed by atoms with Gasteiger partial charge in [-0.2, -0.15) is 0 Å². The molecule has 0 radical (unpaired) electrons. The maximum Gasteiger partial charge on any atom is 0.341 e. The molecule has 5 nitrogen and oxygen atoms in total. The lowest BCUT2D eigenvalue weighted by Crippen LogP contribution is -2.28. The van der Waals surface area contributed by atoms with Crippen LogP contribution >= 0.6 is 0 Å². The first-order valence-electron chi connectivity index (χ1n) is 9.01. The van der Waals surface area contributed by atoms with Gasteiger partial charge in [-0.1, -0.05) is 0 Å². The van der Waals surface area contributed by atoms with E-state index in [0.29, 0.717) is 11.1 Å². The number of likely N-dealkylation sites (N-methyl/N-ethyl adjacent to an activating group) is 1. The van der Waals surface area contributed by atoms with Gasteiger partial charge in [0.05, 0.1) is 5.52 Å². The summed E-state index contributed by atoms with van der Waals surface area (Å²) in [6.07, 6.45) is 5.20. The van der Waals surface area contributed by atoms with Gasteiger partial charge in [-0.05, 0) is 58.3 Å². The summed E-state index contributed by atoms with van der Waals surface area (Å²) in [5.74, 6) is -1.66. The fourth-order valence-electron chi connectivity index (χ4n) is 4.37. The molecule has 0 aliphatic heterocycles. The van der Waals surface area contributed by atoms with E-state index < -0.39 is 17.2 Å². The van der Waals surface area contributed by atoms with Crippen LogP contribution in [0.15, 0.2) is 17.1 Å². The van der Waals surface area contributed by atoms with Crippen molar-refractivity contribution >= 4 is 16.9 Å². The molecule has 1 N–H and O–H groups in total. The van der Waals surface area contributed by atoms with Gasteiger partial charge in [-0.15, -0.1) is 0 Å². The molecule has 2 aromatic rings. The van der Waals surface area contributed by atoms with Crippen molar-refractivity contribution < 1.29 is 14.3 Å². The number of hydrogen-bond acceptors (Lipinski definition) is 3. The molecule has 0 atom stereocenters. The average molecular weight is 358 g/mol. The zero-order valence-corrected chi connectivity index (χ0v) is 15.3. The second-order valence-corrected chi connectivity index (χ2v) is 8.09. The Morgan fingerprint density at radius 3 is 2.54 bits per heavy atom. The summed E-state index contributed by atoms with van der Waals surface area (Å²) in [6, 6.07) is 1.46. The van der Waals surface area contributed by atoms with E-state index in [2.05, 4.69) is 4.90 Å². The maximum atomic E-state index is 15.1. The minimum Gasteiger partial charge on any atom is -0.477 e. The standard InChI is InChI=1S/C20H23FN2O3/c1-11-16(20(6-7-20)10-22(2)3)15(21)8-13-17(11)23(12-4-5-12)9-14(18(13)24)19(25)26/h8-9,12H,4-7,10H2,1-3H3,(H,25,26). The largest absolute Gasteiger partial charge is 0.477 e. The van der Waals surface area contributed by atoms with E-state index in [1.807, 2.05) is 25.6 Å². The number of rotatable bonds is 5. The van der Waals surface area contributed by atoms with Crippen LogP contribution in [0.4, 0.5) is 4.39 Å².